The molecule has 110 valence electrons. The molecule has 0 aliphatic rings. The van der Waals surface area contributed by atoms with Gasteiger partial charge in [0.05, 0.1) is 7.11 Å². The van der Waals surface area contributed by atoms with Crippen molar-refractivity contribution in [2.75, 3.05) is 24.8 Å². The van der Waals surface area contributed by atoms with E-state index in [-0.39, 0.29) is 12.5 Å². The largest absolute Gasteiger partial charge is 0.493 e. The molecule has 6 heteroatoms. The van der Waals surface area contributed by atoms with E-state index in [9.17, 15) is 4.79 Å². The van der Waals surface area contributed by atoms with E-state index >= 15 is 0 Å². The second-order valence-corrected chi connectivity index (χ2v) is 4.69. The Balaban J connectivity index is 1.95. The van der Waals surface area contributed by atoms with E-state index in [1.165, 1.54) is 7.11 Å². The number of ether oxygens (including phenoxy) is 2. The predicted molar refractivity (Wildman–Crippen MR) is 83.0 cm³/mol. The average Bonchev–Trinajstić information content (AvgIpc) is 2.48. The number of benzene rings is 2. The number of methoxy groups -OCH3 is 1. The van der Waals surface area contributed by atoms with Gasteiger partial charge in [-0.25, -0.2) is 0 Å². The first-order valence-electron chi connectivity index (χ1n) is 6.20. The van der Waals surface area contributed by atoms with Gasteiger partial charge in [-0.1, -0.05) is 11.6 Å². The maximum atomic E-state index is 11.8. The van der Waals surface area contributed by atoms with Crippen LogP contribution in [0.3, 0.4) is 0 Å². The molecular weight excluding hydrogens is 292 g/mol. The lowest BCUT2D eigenvalue weighted by atomic mass is 10.3. The Morgan fingerprint density at radius 3 is 2.57 bits per heavy atom. The minimum Gasteiger partial charge on any atom is -0.493 e. The van der Waals surface area contributed by atoms with Gasteiger partial charge in [0.2, 0.25) is 0 Å². The third-order valence-corrected chi connectivity index (χ3v) is 2.93. The van der Waals surface area contributed by atoms with Crippen LogP contribution in [0.25, 0.3) is 0 Å². The number of nitrogens with two attached hydrogens (primary N) is 1. The molecule has 3 N–H and O–H groups in total. The average molecular weight is 307 g/mol. The van der Waals surface area contributed by atoms with E-state index in [2.05, 4.69) is 5.32 Å². The summed E-state index contributed by atoms with van der Waals surface area (Å²) in [6, 6.07) is 11.8. The summed E-state index contributed by atoms with van der Waals surface area (Å²) in [6.45, 7) is -0.150. The molecule has 1 amide bonds. The Kier molecular flexibility index (Phi) is 4.90. The third-order valence-electron chi connectivity index (χ3n) is 2.67. The first-order valence-corrected chi connectivity index (χ1v) is 6.58. The molecule has 21 heavy (non-hydrogen) atoms. The van der Waals surface area contributed by atoms with Gasteiger partial charge in [0.1, 0.15) is 0 Å². The fraction of sp³-hybridized carbons (Fsp3) is 0.133. The minimum absolute atomic E-state index is 0.150. The van der Waals surface area contributed by atoms with Gasteiger partial charge in [-0.15, -0.1) is 0 Å². The molecule has 2 aromatic rings. The second kappa shape index (κ2) is 6.85. The van der Waals surface area contributed by atoms with Crippen molar-refractivity contribution in [2.24, 2.45) is 0 Å². The molecule has 0 aromatic heterocycles. The number of nitrogens with one attached hydrogen (secondary N) is 1. The highest BCUT2D eigenvalue weighted by Crippen LogP contribution is 2.28. The van der Waals surface area contributed by atoms with Crippen LogP contribution < -0.4 is 20.5 Å². The summed E-state index contributed by atoms with van der Waals surface area (Å²) < 4.78 is 10.6. The number of carbonyl (C=O) groups is 1. The molecule has 0 aliphatic carbocycles. The van der Waals surface area contributed by atoms with Crippen molar-refractivity contribution in [1.29, 1.82) is 0 Å². The normalized spacial score (nSPS) is 10.0. The summed E-state index contributed by atoms with van der Waals surface area (Å²) in [4.78, 5) is 11.8. The van der Waals surface area contributed by atoms with Crippen LogP contribution in [-0.4, -0.2) is 19.6 Å². The maximum absolute atomic E-state index is 11.8. The Labute approximate surface area is 127 Å². The quantitative estimate of drug-likeness (QED) is 0.833. The van der Waals surface area contributed by atoms with Gasteiger partial charge in [0.15, 0.2) is 18.1 Å². The zero-order chi connectivity index (χ0) is 15.2. The van der Waals surface area contributed by atoms with Gasteiger partial charge in [-0.3, -0.25) is 4.79 Å². The lowest BCUT2D eigenvalue weighted by Gasteiger charge is -2.11. The number of rotatable bonds is 5. The van der Waals surface area contributed by atoms with Crippen LogP contribution in [0.5, 0.6) is 11.5 Å². The summed E-state index contributed by atoms with van der Waals surface area (Å²) in [5.74, 6) is 0.647. The second-order valence-electron chi connectivity index (χ2n) is 4.25. The summed E-state index contributed by atoms with van der Waals surface area (Å²) in [6.07, 6.45) is 0. The monoisotopic (exact) mass is 306 g/mol. The molecule has 0 saturated heterocycles. The van der Waals surface area contributed by atoms with Gasteiger partial charge in [-0.2, -0.15) is 0 Å². The third kappa shape index (κ3) is 4.29. The van der Waals surface area contributed by atoms with E-state index in [0.29, 0.717) is 27.9 Å². The number of hydrogen-bond donors (Lipinski definition) is 2. The van der Waals surface area contributed by atoms with Crippen molar-refractivity contribution >= 4 is 28.9 Å². The molecule has 5 nitrogen and oxygen atoms in total. The summed E-state index contributed by atoms with van der Waals surface area (Å²) >= 11 is 5.77. The first-order chi connectivity index (χ1) is 10.1. The fourth-order valence-electron chi connectivity index (χ4n) is 1.68. The van der Waals surface area contributed by atoms with E-state index in [1.54, 1.807) is 42.5 Å². The number of hydrogen-bond acceptors (Lipinski definition) is 4. The van der Waals surface area contributed by atoms with Gasteiger partial charge in [-0.05, 0) is 36.4 Å². The van der Waals surface area contributed by atoms with Gasteiger partial charge in [0.25, 0.3) is 5.91 Å². The lowest BCUT2D eigenvalue weighted by molar-refractivity contribution is -0.118. The van der Waals surface area contributed by atoms with Crippen molar-refractivity contribution < 1.29 is 14.3 Å². The van der Waals surface area contributed by atoms with Gasteiger partial charge >= 0.3 is 0 Å². The highest BCUT2D eigenvalue weighted by molar-refractivity contribution is 6.30. The Bertz CT molecular complexity index is 629. The van der Waals surface area contributed by atoms with E-state index in [4.69, 9.17) is 26.8 Å². The number of anilines is 2. The van der Waals surface area contributed by atoms with Crippen LogP contribution in [-0.2, 0) is 4.79 Å². The van der Waals surface area contributed by atoms with Crippen molar-refractivity contribution in [3.63, 3.8) is 0 Å². The highest BCUT2D eigenvalue weighted by Gasteiger charge is 2.08. The SMILES string of the molecule is COc1ccc(N)cc1OCC(=O)Nc1ccc(Cl)cc1. The van der Waals surface area contributed by atoms with Crippen LogP contribution in [0.2, 0.25) is 5.02 Å². The minimum atomic E-state index is -0.290. The Morgan fingerprint density at radius 2 is 1.90 bits per heavy atom. The van der Waals surface area contributed by atoms with Crippen LogP contribution >= 0.6 is 11.6 Å². The van der Waals surface area contributed by atoms with Crippen LogP contribution in [0, 0.1) is 0 Å². The number of nitrogen functional groups attached to an aromatic ring is 1. The van der Waals surface area contributed by atoms with E-state index < -0.39 is 0 Å². The lowest BCUT2D eigenvalue weighted by Crippen LogP contribution is -2.20. The molecule has 2 rings (SSSR count). The Morgan fingerprint density at radius 1 is 1.19 bits per heavy atom. The van der Waals surface area contributed by atoms with E-state index in [1.807, 2.05) is 0 Å². The molecule has 0 bridgehead atoms. The molecule has 0 atom stereocenters. The standard InChI is InChI=1S/C15H15ClN2O3/c1-20-13-7-4-11(17)8-14(13)21-9-15(19)18-12-5-2-10(16)3-6-12/h2-8H,9,17H2,1H3,(H,18,19). The molecule has 0 unspecified atom stereocenters. The molecule has 0 aliphatic heterocycles. The zero-order valence-electron chi connectivity index (χ0n) is 11.4. The Hall–Kier alpha value is -2.40. The molecule has 0 heterocycles. The topological polar surface area (TPSA) is 73.6 Å². The fourth-order valence-corrected chi connectivity index (χ4v) is 1.81. The number of carbonyl (C=O) groups excluding carboxylic acids is 1. The zero-order valence-corrected chi connectivity index (χ0v) is 12.2. The summed E-state index contributed by atoms with van der Waals surface area (Å²) in [5.41, 5.74) is 6.85. The molecule has 0 spiro atoms. The van der Waals surface area contributed by atoms with Crippen molar-refractivity contribution in [3.05, 3.63) is 47.5 Å². The smallest absolute Gasteiger partial charge is 0.262 e. The van der Waals surface area contributed by atoms with Crippen molar-refractivity contribution in [3.8, 4) is 11.5 Å². The van der Waals surface area contributed by atoms with Gasteiger partial charge < -0.3 is 20.5 Å². The van der Waals surface area contributed by atoms with Crippen molar-refractivity contribution in [2.45, 2.75) is 0 Å². The molecule has 2 aromatic carbocycles. The van der Waals surface area contributed by atoms with Crippen LogP contribution in [0.4, 0.5) is 11.4 Å². The first kappa shape index (κ1) is 15.0. The highest BCUT2D eigenvalue weighted by atomic mass is 35.5. The summed E-state index contributed by atoms with van der Waals surface area (Å²) in [5, 5.41) is 3.30. The molecule has 0 fully saturated rings. The number of halogens is 1. The summed E-state index contributed by atoms with van der Waals surface area (Å²) in [7, 11) is 1.52. The molecule has 0 radical (unpaired) electrons. The van der Waals surface area contributed by atoms with Crippen molar-refractivity contribution in [1.82, 2.24) is 0 Å². The van der Waals surface area contributed by atoms with E-state index in [0.717, 1.165) is 0 Å². The van der Waals surface area contributed by atoms with Crippen LogP contribution in [0.15, 0.2) is 42.5 Å². The predicted octanol–water partition coefficient (Wildman–Crippen LogP) is 2.95. The maximum Gasteiger partial charge on any atom is 0.262 e. The molecule has 0 saturated carbocycles. The number of amides is 1. The molecular formula is C15H15ClN2O3. The van der Waals surface area contributed by atoms with Crippen LogP contribution in [0.1, 0.15) is 0 Å². The van der Waals surface area contributed by atoms with Gasteiger partial charge in [0, 0.05) is 22.5 Å².